The third-order valence-corrected chi connectivity index (χ3v) is 3.45. The van der Waals surface area contributed by atoms with Crippen molar-refractivity contribution >= 4 is 5.69 Å². The Morgan fingerprint density at radius 3 is 2.39 bits per heavy atom. The average Bonchev–Trinajstić information content (AvgIpc) is 2.53. The molecule has 1 atom stereocenters. The Balaban J connectivity index is 1.90. The molecule has 0 unspecified atom stereocenters. The number of halogens is 3. The molecule has 5 heteroatoms. The number of ether oxygens (including phenoxy) is 1. The molecular formula is C18H20F3NO. The normalized spacial score (nSPS) is 12.7. The number of nitrogens with one attached hydrogen (secondary N) is 1. The van der Waals surface area contributed by atoms with Crippen LogP contribution in [-0.4, -0.2) is 12.6 Å². The molecule has 2 rings (SSSR count). The number of benzene rings is 2. The van der Waals surface area contributed by atoms with Gasteiger partial charge >= 0.3 is 6.18 Å². The van der Waals surface area contributed by atoms with Gasteiger partial charge in [-0.15, -0.1) is 0 Å². The summed E-state index contributed by atoms with van der Waals surface area (Å²) in [5.74, 6) is 0.751. The summed E-state index contributed by atoms with van der Waals surface area (Å²) >= 11 is 0. The first-order chi connectivity index (χ1) is 10.9. The van der Waals surface area contributed by atoms with Crippen molar-refractivity contribution in [1.82, 2.24) is 0 Å². The predicted octanol–water partition coefficient (Wildman–Crippen LogP) is 5.15. The molecule has 2 nitrogen and oxygen atoms in total. The molecule has 0 fully saturated rings. The molecule has 0 saturated heterocycles. The lowest BCUT2D eigenvalue weighted by Crippen LogP contribution is -2.22. The Morgan fingerprint density at radius 1 is 1.09 bits per heavy atom. The molecule has 0 spiro atoms. The van der Waals surface area contributed by atoms with Crippen LogP contribution < -0.4 is 10.1 Å². The van der Waals surface area contributed by atoms with E-state index in [0.717, 1.165) is 24.3 Å². The molecule has 124 valence electrons. The van der Waals surface area contributed by atoms with Gasteiger partial charge in [-0.1, -0.05) is 25.1 Å². The first-order valence-corrected chi connectivity index (χ1v) is 7.55. The molecule has 0 radical (unpaired) electrons. The minimum absolute atomic E-state index is 0.169. The minimum atomic E-state index is -4.33. The molecule has 0 amide bonds. The van der Waals surface area contributed by atoms with Gasteiger partial charge < -0.3 is 10.1 Å². The second-order valence-corrected chi connectivity index (χ2v) is 5.39. The number of alkyl halides is 3. The highest BCUT2D eigenvalue weighted by Crippen LogP contribution is 2.30. The van der Waals surface area contributed by atoms with E-state index in [0.29, 0.717) is 12.2 Å². The zero-order valence-corrected chi connectivity index (χ0v) is 13.2. The third kappa shape index (κ3) is 5.20. The summed E-state index contributed by atoms with van der Waals surface area (Å²) in [5, 5.41) is 2.97. The summed E-state index contributed by atoms with van der Waals surface area (Å²) in [7, 11) is 0. The summed E-state index contributed by atoms with van der Waals surface area (Å²) in [6, 6.07) is 13.0. The highest BCUT2D eigenvalue weighted by Gasteiger charge is 2.30. The zero-order chi connectivity index (χ0) is 16.9. The van der Waals surface area contributed by atoms with Crippen molar-refractivity contribution in [2.75, 3.05) is 11.9 Å². The summed E-state index contributed by atoms with van der Waals surface area (Å²) in [6.07, 6.45) is -3.54. The van der Waals surface area contributed by atoms with Crippen molar-refractivity contribution < 1.29 is 17.9 Å². The number of hydrogen-bond acceptors (Lipinski definition) is 2. The minimum Gasteiger partial charge on any atom is -0.489 e. The highest BCUT2D eigenvalue weighted by molar-refractivity contribution is 5.46. The number of anilines is 1. The lowest BCUT2D eigenvalue weighted by Gasteiger charge is -2.17. The van der Waals surface area contributed by atoms with Crippen molar-refractivity contribution in [2.24, 2.45) is 0 Å². The summed E-state index contributed by atoms with van der Waals surface area (Å²) < 4.78 is 43.7. The van der Waals surface area contributed by atoms with E-state index in [-0.39, 0.29) is 6.10 Å². The highest BCUT2D eigenvalue weighted by atomic mass is 19.4. The van der Waals surface area contributed by atoms with Crippen LogP contribution in [0.3, 0.4) is 0 Å². The van der Waals surface area contributed by atoms with Gasteiger partial charge in [0, 0.05) is 5.69 Å². The predicted molar refractivity (Wildman–Crippen MR) is 85.8 cm³/mol. The van der Waals surface area contributed by atoms with E-state index < -0.39 is 11.7 Å². The molecule has 1 N–H and O–H groups in total. The molecule has 2 aromatic carbocycles. The maximum Gasteiger partial charge on any atom is 0.416 e. The van der Waals surface area contributed by atoms with Crippen LogP contribution >= 0.6 is 0 Å². The van der Waals surface area contributed by atoms with Gasteiger partial charge in [0.05, 0.1) is 12.1 Å². The SMILES string of the molecule is CCc1ccc(O[C@@H](C)CNc2cccc(C(F)(F)F)c2)cc1. The third-order valence-electron chi connectivity index (χ3n) is 3.45. The summed E-state index contributed by atoms with van der Waals surface area (Å²) in [6.45, 7) is 4.36. The Bertz CT molecular complexity index is 623. The molecule has 23 heavy (non-hydrogen) atoms. The van der Waals surface area contributed by atoms with Crippen LogP contribution in [0.25, 0.3) is 0 Å². The fourth-order valence-corrected chi connectivity index (χ4v) is 2.14. The largest absolute Gasteiger partial charge is 0.489 e. The lowest BCUT2D eigenvalue weighted by molar-refractivity contribution is -0.137. The van der Waals surface area contributed by atoms with Crippen molar-refractivity contribution in [3.63, 3.8) is 0 Å². The van der Waals surface area contributed by atoms with Gasteiger partial charge in [-0.3, -0.25) is 0 Å². The fraction of sp³-hybridized carbons (Fsp3) is 0.333. The van der Waals surface area contributed by atoms with Crippen LogP contribution in [0.1, 0.15) is 25.0 Å². The molecule has 2 aromatic rings. The number of rotatable bonds is 6. The zero-order valence-electron chi connectivity index (χ0n) is 13.2. The topological polar surface area (TPSA) is 21.3 Å². The second-order valence-electron chi connectivity index (χ2n) is 5.39. The van der Waals surface area contributed by atoms with Gasteiger partial charge in [-0.2, -0.15) is 13.2 Å². The van der Waals surface area contributed by atoms with Crippen molar-refractivity contribution in [3.05, 3.63) is 59.7 Å². The molecule has 0 heterocycles. The maximum atomic E-state index is 12.7. The van der Waals surface area contributed by atoms with Gasteiger partial charge in [0.1, 0.15) is 11.9 Å². The van der Waals surface area contributed by atoms with Gasteiger partial charge in [-0.05, 0) is 49.2 Å². The summed E-state index contributed by atoms with van der Waals surface area (Å²) in [4.78, 5) is 0. The first kappa shape index (κ1) is 17.2. The van der Waals surface area contributed by atoms with Crippen LogP contribution in [0, 0.1) is 0 Å². The maximum absolute atomic E-state index is 12.7. The Kier molecular flexibility index (Phi) is 5.53. The van der Waals surface area contributed by atoms with E-state index in [1.54, 1.807) is 6.07 Å². The smallest absolute Gasteiger partial charge is 0.416 e. The van der Waals surface area contributed by atoms with E-state index in [1.165, 1.54) is 11.6 Å². The van der Waals surface area contributed by atoms with Crippen LogP contribution in [0.2, 0.25) is 0 Å². The van der Waals surface area contributed by atoms with Crippen molar-refractivity contribution in [3.8, 4) is 5.75 Å². The second kappa shape index (κ2) is 7.40. The number of hydrogen-bond donors (Lipinski definition) is 1. The Hall–Kier alpha value is -2.17. The lowest BCUT2D eigenvalue weighted by atomic mass is 10.2. The molecule has 0 bridgehead atoms. The van der Waals surface area contributed by atoms with E-state index in [4.69, 9.17) is 4.74 Å². The first-order valence-electron chi connectivity index (χ1n) is 7.55. The standard InChI is InChI=1S/C18H20F3NO/c1-3-14-7-9-17(10-8-14)23-13(2)12-22-16-6-4-5-15(11-16)18(19,20)21/h4-11,13,22H,3,12H2,1-2H3/t13-/m0/s1. The molecule has 0 aliphatic heterocycles. The average molecular weight is 323 g/mol. The van der Waals surface area contributed by atoms with Gasteiger partial charge in [-0.25, -0.2) is 0 Å². The van der Waals surface area contributed by atoms with Crippen LogP contribution in [0.4, 0.5) is 18.9 Å². The monoisotopic (exact) mass is 323 g/mol. The van der Waals surface area contributed by atoms with Crippen LogP contribution in [0.5, 0.6) is 5.75 Å². The van der Waals surface area contributed by atoms with Gasteiger partial charge in [0.2, 0.25) is 0 Å². The van der Waals surface area contributed by atoms with E-state index in [2.05, 4.69) is 12.2 Å². The summed E-state index contributed by atoms with van der Waals surface area (Å²) in [5.41, 5.74) is 0.995. The Labute approximate surface area is 134 Å². The van der Waals surface area contributed by atoms with Crippen molar-refractivity contribution in [2.45, 2.75) is 32.5 Å². The van der Waals surface area contributed by atoms with Gasteiger partial charge in [0.15, 0.2) is 0 Å². The van der Waals surface area contributed by atoms with Crippen LogP contribution in [0.15, 0.2) is 48.5 Å². The molecule has 0 aromatic heterocycles. The number of aryl methyl sites for hydroxylation is 1. The van der Waals surface area contributed by atoms with E-state index in [9.17, 15) is 13.2 Å². The quantitative estimate of drug-likeness (QED) is 0.794. The molecule has 0 saturated carbocycles. The van der Waals surface area contributed by atoms with Crippen LogP contribution in [-0.2, 0) is 12.6 Å². The van der Waals surface area contributed by atoms with E-state index in [1.807, 2.05) is 31.2 Å². The Morgan fingerprint density at radius 2 is 1.78 bits per heavy atom. The fourth-order valence-electron chi connectivity index (χ4n) is 2.14. The van der Waals surface area contributed by atoms with E-state index >= 15 is 0 Å². The van der Waals surface area contributed by atoms with Crippen molar-refractivity contribution in [1.29, 1.82) is 0 Å². The molecule has 0 aliphatic carbocycles. The molecule has 0 aliphatic rings. The molecular weight excluding hydrogens is 303 g/mol. The van der Waals surface area contributed by atoms with Gasteiger partial charge in [0.25, 0.3) is 0 Å².